The molecule has 0 atom stereocenters. The van der Waals surface area contributed by atoms with Crippen LogP contribution < -0.4 is 14.9 Å². The molecule has 0 saturated carbocycles. The van der Waals surface area contributed by atoms with Gasteiger partial charge in [-0.3, -0.25) is 4.79 Å². The largest absolute Gasteiger partial charge is 0.497 e. The molecule has 3 nitrogen and oxygen atoms in total. The molecule has 0 saturated heterocycles. The topological polar surface area (TPSA) is 35.5 Å². The van der Waals surface area contributed by atoms with Crippen LogP contribution >= 0.6 is 0 Å². The molecule has 3 heteroatoms. The fourth-order valence-corrected chi connectivity index (χ4v) is 0.857. The molecule has 0 aliphatic carbocycles. The van der Waals surface area contributed by atoms with Gasteiger partial charge in [-0.25, -0.2) is 0 Å². The quantitative estimate of drug-likeness (QED) is 0.659. The summed E-state index contributed by atoms with van der Waals surface area (Å²) in [6.07, 6.45) is 0. The minimum absolute atomic E-state index is 0.181. The number of hydrogen-bond acceptors (Lipinski definition) is 3. The molecule has 0 heterocycles. The second-order valence-corrected chi connectivity index (χ2v) is 2.21. The van der Waals surface area contributed by atoms with Crippen molar-refractivity contribution in [3.8, 4) is 11.5 Å². The van der Waals surface area contributed by atoms with E-state index in [0.717, 1.165) is 0 Å². The van der Waals surface area contributed by atoms with Gasteiger partial charge in [-0.1, -0.05) is 6.07 Å². The second kappa shape index (κ2) is 3.76. The lowest BCUT2D eigenvalue weighted by molar-refractivity contribution is 0.407. The number of hydrogen-bond donors (Lipinski definition) is 0. The highest BCUT2D eigenvalue weighted by Crippen LogP contribution is 2.07. The van der Waals surface area contributed by atoms with Crippen molar-refractivity contribution in [2.45, 2.75) is 0 Å². The Labute approximate surface area is 70.6 Å². The third-order valence-electron chi connectivity index (χ3n) is 1.48. The summed E-state index contributed by atoms with van der Waals surface area (Å²) in [5.74, 6) is 0.849. The number of rotatable bonds is 2. The lowest BCUT2D eigenvalue weighted by Gasteiger charge is -1.92. The Morgan fingerprint density at radius 1 is 1.17 bits per heavy atom. The number of ether oxygens (including phenoxy) is 2. The van der Waals surface area contributed by atoms with Gasteiger partial charge >= 0.3 is 0 Å². The van der Waals surface area contributed by atoms with E-state index in [4.69, 9.17) is 9.47 Å². The van der Waals surface area contributed by atoms with Gasteiger partial charge in [0, 0.05) is 6.07 Å². The molecular weight excluding hydrogens is 156 g/mol. The van der Waals surface area contributed by atoms with Gasteiger partial charge in [0.2, 0.25) is 5.43 Å². The van der Waals surface area contributed by atoms with Crippen LogP contribution in [0.15, 0.2) is 29.1 Å². The minimum Gasteiger partial charge on any atom is -0.497 e. The van der Waals surface area contributed by atoms with Crippen molar-refractivity contribution >= 4 is 0 Å². The maximum Gasteiger partial charge on any atom is 0.224 e. The van der Waals surface area contributed by atoms with Crippen molar-refractivity contribution in [3.05, 3.63) is 34.5 Å². The van der Waals surface area contributed by atoms with Crippen LogP contribution in [0.25, 0.3) is 0 Å². The molecule has 12 heavy (non-hydrogen) atoms. The van der Waals surface area contributed by atoms with Gasteiger partial charge in [0.1, 0.15) is 5.75 Å². The first kappa shape index (κ1) is 8.59. The van der Waals surface area contributed by atoms with Crippen molar-refractivity contribution < 1.29 is 9.47 Å². The molecule has 0 aliphatic rings. The third kappa shape index (κ3) is 1.75. The lowest BCUT2D eigenvalue weighted by atomic mass is 10.4. The van der Waals surface area contributed by atoms with Gasteiger partial charge in [0.15, 0.2) is 5.75 Å². The van der Waals surface area contributed by atoms with Gasteiger partial charge in [-0.2, -0.15) is 0 Å². The Hall–Kier alpha value is -1.51. The Kier molecular flexibility index (Phi) is 2.69. The molecule has 0 aliphatic heterocycles. The normalized spacial score (nSPS) is 9.17. The molecule has 0 N–H and O–H groups in total. The average Bonchev–Trinajstić information content (AvgIpc) is 2.26. The van der Waals surface area contributed by atoms with Crippen LogP contribution in [-0.4, -0.2) is 14.2 Å². The maximum absolute atomic E-state index is 11.2. The Morgan fingerprint density at radius 2 is 1.92 bits per heavy atom. The summed E-state index contributed by atoms with van der Waals surface area (Å²) in [6, 6.07) is 6.40. The maximum atomic E-state index is 11.2. The van der Waals surface area contributed by atoms with Crippen LogP contribution in [0.3, 0.4) is 0 Å². The van der Waals surface area contributed by atoms with E-state index >= 15 is 0 Å². The van der Waals surface area contributed by atoms with Gasteiger partial charge < -0.3 is 9.47 Å². The summed E-state index contributed by atoms with van der Waals surface area (Å²) in [5.41, 5.74) is -0.181. The first-order chi connectivity index (χ1) is 5.77. The van der Waals surface area contributed by atoms with E-state index in [9.17, 15) is 4.79 Å². The monoisotopic (exact) mass is 166 g/mol. The number of methoxy groups -OCH3 is 2. The van der Waals surface area contributed by atoms with Crippen LogP contribution in [0, 0.1) is 0 Å². The summed E-state index contributed by atoms with van der Waals surface area (Å²) in [5, 5.41) is 0. The SMILES string of the molecule is COc1cccc(OC)c(=O)c1. The van der Waals surface area contributed by atoms with Crippen molar-refractivity contribution in [3.63, 3.8) is 0 Å². The van der Waals surface area contributed by atoms with Gasteiger partial charge in [0.25, 0.3) is 0 Å². The summed E-state index contributed by atoms with van der Waals surface area (Å²) >= 11 is 0. The van der Waals surface area contributed by atoms with Crippen LogP contribution in [0.4, 0.5) is 0 Å². The Morgan fingerprint density at radius 3 is 2.50 bits per heavy atom. The fraction of sp³-hybridized carbons (Fsp3) is 0.222. The molecule has 0 radical (unpaired) electrons. The highest BCUT2D eigenvalue weighted by atomic mass is 16.5. The summed E-state index contributed by atoms with van der Waals surface area (Å²) < 4.78 is 9.74. The van der Waals surface area contributed by atoms with E-state index in [1.807, 2.05) is 0 Å². The van der Waals surface area contributed by atoms with Gasteiger partial charge in [-0.15, -0.1) is 0 Å². The fourth-order valence-electron chi connectivity index (χ4n) is 0.857. The summed E-state index contributed by atoms with van der Waals surface area (Å²) in [6.45, 7) is 0. The van der Waals surface area contributed by atoms with E-state index in [-0.39, 0.29) is 5.43 Å². The zero-order chi connectivity index (χ0) is 8.97. The average molecular weight is 166 g/mol. The predicted octanol–water partition coefficient (Wildman–Crippen LogP) is 1.06. The molecule has 64 valence electrons. The standard InChI is InChI=1S/C9H10O3/c1-11-7-4-3-5-9(12-2)8(10)6-7/h3-6H,1-2H3. The van der Waals surface area contributed by atoms with Crippen molar-refractivity contribution in [1.29, 1.82) is 0 Å². The van der Waals surface area contributed by atoms with Crippen molar-refractivity contribution in [1.82, 2.24) is 0 Å². The third-order valence-corrected chi connectivity index (χ3v) is 1.48. The zero-order valence-corrected chi connectivity index (χ0v) is 7.03. The molecule has 0 unspecified atom stereocenters. The molecular formula is C9H10O3. The van der Waals surface area contributed by atoms with Crippen LogP contribution in [0.1, 0.15) is 0 Å². The zero-order valence-electron chi connectivity index (χ0n) is 7.03. The molecule has 0 spiro atoms. The summed E-state index contributed by atoms with van der Waals surface area (Å²) in [7, 11) is 2.98. The second-order valence-electron chi connectivity index (χ2n) is 2.21. The molecule has 0 aromatic heterocycles. The highest BCUT2D eigenvalue weighted by molar-refractivity contribution is 5.28. The predicted molar refractivity (Wildman–Crippen MR) is 45.8 cm³/mol. The van der Waals surface area contributed by atoms with Crippen LogP contribution in [-0.2, 0) is 0 Å². The molecule has 0 fully saturated rings. The van der Waals surface area contributed by atoms with Crippen molar-refractivity contribution in [2.24, 2.45) is 0 Å². The highest BCUT2D eigenvalue weighted by Gasteiger charge is 1.96. The Balaban J connectivity index is 3.26. The first-order valence-electron chi connectivity index (χ1n) is 3.50. The van der Waals surface area contributed by atoms with Crippen LogP contribution in [0.2, 0.25) is 0 Å². The first-order valence-corrected chi connectivity index (χ1v) is 3.50. The van der Waals surface area contributed by atoms with Crippen molar-refractivity contribution in [2.75, 3.05) is 14.2 Å². The minimum atomic E-state index is -0.181. The van der Waals surface area contributed by atoms with E-state index < -0.39 is 0 Å². The van der Waals surface area contributed by atoms with Crippen LogP contribution in [0.5, 0.6) is 11.5 Å². The lowest BCUT2D eigenvalue weighted by Crippen LogP contribution is -2.00. The molecule has 0 amide bonds. The van der Waals surface area contributed by atoms with E-state index in [1.165, 1.54) is 20.3 Å². The molecule has 1 aromatic carbocycles. The van der Waals surface area contributed by atoms with Gasteiger partial charge in [-0.05, 0) is 12.1 Å². The smallest absolute Gasteiger partial charge is 0.224 e. The van der Waals surface area contributed by atoms with E-state index in [0.29, 0.717) is 11.5 Å². The Bertz CT molecular complexity index is 320. The van der Waals surface area contributed by atoms with E-state index in [1.54, 1.807) is 18.2 Å². The van der Waals surface area contributed by atoms with Gasteiger partial charge in [0.05, 0.1) is 14.2 Å². The molecule has 0 bridgehead atoms. The molecule has 1 aromatic rings. The molecule has 1 rings (SSSR count). The van der Waals surface area contributed by atoms with E-state index in [2.05, 4.69) is 0 Å². The summed E-state index contributed by atoms with van der Waals surface area (Å²) in [4.78, 5) is 11.2.